The molecule has 7 nitrogen and oxygen atoms in total. The Balaban J connectivity index is 1.52. The van der Waals surface area contributed by atoms with E-state index in [2.05, 4.69) is 31.4 Å². The van der Waals surface area contributed by atoms with E-state index in [1.54, 1.807) is 4.52 Å². The number of amides is 1. The first-order chi connectivity index (χ1) is 13.1. The highest BCUT2D eigenvalue weighted by Gasteiger charge is 2.17. The van der Waals surface area contributed by atoms with Crippen molar-refractivity contribution in [2.45, 2.75) is 13.8 Å². The molecule has 0 aliphatic rings. The minimum absolute atomic E-state index is 0.0697. The molecular formula is C19H14N6OS. The Kier molecular flexibility index (Phi) is 3.41. The van der Waals surface area contributed by atoms with Gasteiger partial charge in [-0.25, -0.2) is 14.5 Å². The molecule has 0 aliphatic carbocycles. The molecule has 3 heterocycles. The minimum atomic E-state index is -0.402. The van der Waals surface area contributed by atoms with Crippen LogP contribution in [0.4, 0.5) is 5.13 Å². The second-order valence-corrected chi connectivity index (χ2v) is 7.32. The lowest BCUT2D eigenvalue weighted by atomic mass is 10.1. The summed E-state index contributed by atoms with van der Waals surface area (Å²) in [6.45, 7) is 3.78. The molecular weight excluding hydrogens is 360 g/mol. The van der Waals surface area contributed by atoms with Crippen LogP contribution in [0.2, 0.25) is 0 Å². The summed E-state index contributed by atoms with van der Waals surface area (Å²) in [7, 11) is 0. The van der Waals surface area contributed by atoms with Crippen LogP contribution < -0.4 is 5.32 Å². The van der Waals surface area contributed by atoms with Crippen molar-refractivity contribution in [2.75, 3.05) is 5.32 Å². The van der Waals surface area contributed by atoms with Crippen LogP contribution in [-0.4, -0.2) is 30.5 Å². The third kappa shape index (κ3) is 2.61. The van der Waals surface area contributed by atoms with Crippen LogP contribution in [0, 0.1) is 13.8 Å². The van der Waals surface area contributed by atoms with Crippen LogP contribution in [0.5, 0.6) is 0 Å². The van der Waals surface area contributed by atoms with Gasteiger partial charge in [-0.3, -0.25) is 10.1 Å². The molecule has 0 atom stereocenters. The number of rotatable bonds is 2. The molecule has 2 aromatic carbocycles. The molecule has 0 spiro atoms. The quantitative estimate of drug-likeness (QED) is 0.508. The van der Waals surface area contributed by atoms with Crippen molar-refractivity contribution in [3.63, 3.8) is 0 Å². The van der Waals surface area contributed by atoms with E-state index >= 15 is 0 Å². The van der Waals surface area contributed by atoms with Crippen molar-refractivity contribution >= 4 is 49.1 Å². The van der Waals surface area contributed by atoms with Crippen molar-refractivity contribution in [1.82, 2.24) is 24.6 Å². The lowest BCUT2D eigenvalue weighted by molar-refractivity contribution is 0.101. The van der Waals surface area contributed by atoms with Gasteiger partial charge in [-0.2, -0.15) is 4.98 Å². The smallest absolute Gasteiger partial charge is 0.295 e. The lowest BCUT2D eigenvalue weighted by Gasteiger charge is -1.97. The second-order valence-electron chi connectivity index (χ2n) is 6.29. The molecule has 3 aromatic heterocycles. The number of hydrogen-bond acceptors (Lipinski definition) is 6. The number of aryl methyl sites for hydroxylation is 2. The van der Waals surface area contributed by atoms with E-state index in [1.165, 1.54) is 11.3 Å². The predicted molar refractivity (Wildman–Crippen MR) is 105 cm³/mol. The van der Waals surface area contributed by atoms with Crippen molar-refractivity contribution in [3.8, 4) is 0 Å². The van der Waals surface area contributed by atoms with E-state index in [-0.39, 0.29) is 5.82 Å². The zero-order chi connectivity index (χ0) is 18.5. The van der Waals surface area contributed by atoms with Gasteiger partial charge in [0.05, 0.1) is 10.2 Å². The molecule has 5 rings (SSSR count). The highest BCUT2D eigenvalue weighted by Crippen LogP contribution is 2.31. The first-order valence-electron chi connectivity index (χ1n) is 8.39. The van der Waals surface area contributed by atoms with Crippen LogP contribution in [0.3, 0.4) is 0 Å². The summed E-state index contributed by atoms with van der Waals surface area (Å²) in [6.07, 6.45) is 0. The molecule has 0 fully saturated rings. The van der Waals surface area contributed by atoms with Gasteiger partial charge in [0, 0.05) is 16.8 Å². The Morgan fingerprint density at radius 3 is 2.81 bits per heavy atom. The fourth-order valence-corrected chi connectivity index (χ4v) is 4.01. The Morgan fingerprint density at radius 2 is 1.93 bits per heavy atom. The highest BCUT2D eigenvalue weighted by atomic mass is 32.1. The molecule has 1 amide bonds. The van der Waals surface area contributed by atoms with Crippen LogP contribution in [0.1, 0.15) is 22.0 Å². The third-order valence-electron chi connectivity index (χ3n) is 4.33. The topological polar surface area (TPSA) is 85.1 Å². The van der Waals surface area contributed by atoms with Crippen molar-refractivity contribution < 1.29 is 4.79 Å². The van der Waals surface area contributed by atoms with Crippen molar-refractivity contribution in [1.29, 1.82) is 0 Å². The maximum absolute atomic E-state index is 12.6. The van der Waals surface area contributed by atoms with Gasteiger partial charge in [0.2, 0.25) is 5.82 Å². The Bertz CT molecular complexity index is 1350. The molecule has 0 aliphatic heterocycles. The van der Waals surface area contributed by atoms with E-state index < -0.39 is 5.91 Å². The highest BCUT2D eigenvalue weighted by molar-refractivity contribution is 7.22. The Hall–Kier alpha value is -3.39. The molecule has 27 heavy (non-hydrogen) atoms. The number of anilines is 1. The SMILES string of the molecule is Cc1cc(C)n2nc(C(=O)Nc3nc4c(ccc5ccccc54)s3)nc2n1. The molecule has 8 heteroatoms. The van der Waals surface area contributed by atoms with Crippen molar-refractivity contribution in [2.24, 2.45) is 0 Å². The van der Waals surface area contributed by atoms with Gasteiger partial charge in [-0.15, -0.1) is 5.10 Å². The fourth-order valence-electron chi connectivity index (χ4n) is 3.13. The molecule has 1 N–H and O–H groups in total. The number of benzene rings is 2. The number of aromatic nitrogens is 5. The summed E-state index contributed by atoms with van der Waals surface area (Å²) in [5.74, 6) is 0.0779. The predicted octanol–water partition coefficient (Wildman–Crippen LogP) is 3.76. The maximum atomic E-state index is 12.6. The maximum Gasteiger partial charge on any atom is 0.297 e. The standard InChI is InChI=1S/C19H14N6OS/c1-10-9-11(2)25-18(20-10)22-16(24-25)17(26)23-19-21-15-13-6-4-3-5-12(13)7-8-14(15)27-19/h3-9H,1-2H3,(H,21,23,26). The first kappa shape index (κ1) is 15.8. The number of nitrogens with one attached hydrogen (secondary N) is 1. The zero-order valence-electron chi connectivity index (χ0n) is 14.6. The normalized spacial score (nSPS) is 11.5. The summed E-state index contributed by atoms with van der Waals surface area (Å²) in [4.78, 5) is 25.8. The number of carbonyl (C=O) groups is 1. The second kappa shape index (κ2) is 5.82. The van der Waals surface area contributed by atoms with Gasteiger partial charge in [0.1, 0.15) is 0 Å². The minimum Gasteiger partial charge on any atom is -0.295 e. The van der Waals surface area contributed by atoms with E-state index in [9.17, 15) is 4.79 Å². The first-order valence-corrected chi connectivity index (χ1v) is 9.21. The number of carbonyl (C=O) groups excluding carboxylic acids is 1. The van der Waals surface area contributed by atoms with Gasteiger partial charge in [0.15, 0.2) is 5.13 Å². The van der Waals surface area contributed by atoms with Gasteiger partial charge >= 0.3 is 0 Å². The largest absolute Gasteiger partial charge is 0.297 e. The summed E-state index contributed by atoms with van der Waals surface area (Å²) in [5.41, 5.74) is 2.58. The molecule has 0 unspecified atom stereocenters. The van der Waals surface area contributed by atoms with E-state index in [0.29, 0.717) is 10.9 Å². The van der Waals surface area contributed by atoms with Gasteiger partial charge < -0.3 is 0 Å². The number of thiazole rings is 1. The van der Waals surface area contributed by atoms with Crippen LogP contribution in [-0.2, 0) is 0 Å². The van der Waals surface area contributed by atoms with Crippen LogP contribution in [0.25, 0.3) is 26.8 Å². The van der Waals surface area contributed by atoms with Gasteiger partial charge in [-0.05, 0) is 31.4 Å². The monoisotopic (exact) mass is 374 g/mol. The van der Waals surface area contributed by atoms with Gasteiger partial charge in [-0.1, -0.05) is 41.7 Å². The molecule has 0 saturated heterocycles. The average molecular weight is 374 g/mol. The Labute approximate surface area is 157 Å². The summed E-state index contributed by atoms with van der Waals surface area (Å²) >= 11 is 1.43. The Morgan fingerprint density at radius 1 is 1.07 bits per heavy atom. The summed E-state index contributed by atoms with van der Waals surface area (Å²) in [5, 5.41) is 9.77. The zero-order valence-corrected chi connectivity index (χ0v) is 15.4. The molecule has 0 bridgehead atoms. The van der Waals surface area contributed by atoms with E-state index in [4.69, 9.17) is 0 Å². The van der Waals surface area contributed by atoms with Crippen molar-refractivity contribution in [3.05, 3.63) is 59.7 Å². The van der Waals surface area contributed by atoms with Crippen LogP contribution in [0.15, 0.2) is 42.5 Å². The molecule has 0 saturated carbocycles. The number of fused-ring (bicyclic) bond motifs is 4. The fraction of sp³-hybridized carbons (Fsp3) is 0.105. The van der Waals surface area contributed by atoms with E-state index in [0.717, 1.165) is 32.4 Å². The van der Waals surface area contributed by atoms with E-state index in [1.807, 2.05) is 50.2 Å². The molecule has 0 radical (unpaired) electrons. The van der Waals surface area contributed by atoms with Gasteiger partial charge in [0.25, 0.3) is 11.7 Å². The third-order valence-corrected chi connectivity index (χ3v) is 5.26. The molecule has 5 aromatic rings. The van der Waals surface area contributed by atoms with Crippen LogP contribution >= 0.6 is 11.3 Å². The molecule has 132 valence electrons. The number of hydrogen-bond donors (Lipinski definition) is 1. The number of nitrogens with zero attached hydrogens (tertiary/aromatic N) is 5. The summed E-state index contributed by atoms with van der Waals surface area (Å²) in [6, 6.07) is 14.0. The average Bonchev–Trinajstić information content (AvgIpc) is 3.25. The lowest BCUT2D eigenvalue weighted by Crippen LogP contribution is -2.13. The summed E-state index contributed by atoms with van der Waals surface area (Å²) < 4.78 is 2.58.